The highest BCUT2D eigenvalue weighted by atomic mass is 16.5. The number of methoxy groups -OCH3 is 1. The fourth-order valence-corrected chi connectivity index (χ4v) is 3.48. The summed E-state index contributed by atoms with van der Waals surface area (Å²) in [6.07, 6.45) is 6.45. The molecular formula is C14H26N2O2. The summed E-state index contributed by atoms with van der Waals surface area (Å²) in [6.45, 7) is 4.91. The molecule has 1 aliphatic carbocycles. The normalized spacial score (nSPS) is 28.3. The van der Waals surface area contributed by atoms with Crippen molar-refractivity contribution in [1.29, 1.82) is 0 Å². The topological polar surface area (TPSA) is 41.6 Å². The Kier molecular flexibility index (Phi) is 4.28. The summed E-state index contributed by atoms with van der Waals surface area (Å²) in [6, 6.07) is 0.208. The van der Waals surface area contributed by atoms with Crippen molar-refractivity contribution in [3.8, 4) is 0 Å². The number of ether oxygens (including phenoxy) is 1. The summed E-state index contributed by atoms with van der Waals surface area (Å²) < 4.78 is 5.28. The van der Waals surface area contributed by atoms with E-state index in [0.717, 1.165) is 25.7 Å². The van der Waals surface area contributed by atoms with Gasteiger partial charge < -0.3 is 9.64 Å². The Morgan fingerprint density at radius 3 is 2.61 bits per heavy atom. The predicted octanol–water partition coefficient (Wildman–Crippen LogP) is 1.89. The molecule has 1 heterocycles. The maximum Gasteiger partial charge on any atom is 0.244 e. The minimum Gasteiger partial charge on any atom is -0.383 e. The Labute approximate surface area is 110 Å². The van der Waals surface area contributed by atoms with Gasteiger partial charge in [0.05, 0.1) is 24.4 Å². The second kappa shape index (κ2) is 5.57. The number of hydrogen-bond donors (Lipinski definition) is 1. The molecule has 2 rings (SSSR count). The average Bonchev–Trinajstić information content (AvgIpc) is 2.95. The van der Waals surface area contributed by atoms with E-state index in [-0.39, 0.29) is 17.7 Å². The van der Waals surface area contributed by atoms with Gasteiger partial charge in [0.1, 0.15) is 0 Å². The molecule has 0 aromatic carbocycles. The Balaban J connectivity index is 2.19. The van der Waals surface area contributed by atoms with Crippen LogP contribution < -0.4 is 5.32 Å². The number of carbonyl (C=O) groups is 1. The summed E-state index contributed by atoms with van der Waals surface area (Å²) in [4.78, 5) is 14.8. The predicted molar refractivity (Wildman–Crippen MR) is 71.2 cm³/mol. The van der Waals surface area contributed by atoms with Crippen molar-refractivity contribution in [2.75, 3.05) is 13.7 Å². The van der Waals surface area contributed by atoms with Crippen LogP contribution >= 0.6 is 0 Å². The zero-order valence-corrected chi connectivity index (χ0v) is 11.9. The number of hydrogen-bond acceptors (Lipinski definition) is 3. The minimum absolute atomic E-state index is 0.190. The van der Waals surface area contributed by atoms with Gasteiger partial charge in [-0.2, -0.15) is 0 Å². The van der Waals surface area contributed by atoms with Gasteiger partial charge in [0.2, 0.25) is 5.91 Å². The van der Waals surface area contributed by atoms with Crippen LogP contribution in [-0.4, -0.2) is 42.3 Å². The van der Waals surface area contributed by atoms with Crippen LogP contribution in [0.3, 0.4) is 0 Å². The lowest BCUT2D eigenvalue weighted by molar-refractivity contribution is -0.136. The standard InChI is InChI=1S/C14H26N2O2/c1-4-11(10-18-3)16-12(5-2)15-14(13(16)17)8-6-7-9-14/h11-12,15H,4-10H2,1-3H3. The van der Waals surface area contributed by atoms with Gasteiger partial charge in [-0.15, -0.1) is 0 Å². The second-order valence-corrected chi connectivity index (χ2v) is 5.59. The minimum atomic E-state index is -0.248. The van der Waals surface area contributed by atoms with Gasteiger partial charge in [-0.3, -0.25) is 10.1 Å². The second-order valence-electron chi connectivity index (χ2n) is 5.59. The lowest BCUT2D eigenvalue weighted by Crippen LogP contribution is -2.47. The molecular weight excluding hydrogens is 228 g/mol. The number of nitrogens with zero attached hydrogens (tertiary/aromatic N) is 1. The maximum absolute atomic E-state index is 12.8. The molecule has 0 bridgehead atoms. The lowest BCUT2D eigenvalue weighted by atomic mass is 9.97. The van der Waals surface area contributed by atoms with E-state index in [4.69, 9.17) is 4.74 Å². The van der Waals surface area contributed by atoms with Crippen molar-refractivity contribution in [3.05, 3.63) is 0 Å². The molecule has 18 heavy (non-hydrogen) atoms. The highest BCUT2D eigenvalue weighted by molar-refractivity contribution is 5.89. The third-order valence-electron chi connectivity index (χ3n) is 4.49. The number of nitrogens with one attached hydrogen (secondary N) is 1. The van der Waals surface area contributed by atoms with Crippen LogP contribution in [0.2, 0.25) is 0 Å². The first kappa shape index (κ1) is 13.8. The Hall–Kier alpha value is -0.610. The summed E-state index contributed by atoms with van der Waals surface area (Å²) in [5.74, 6) is 0.316. The van der Waals surface area contributed by atoms with E-state index in [1.165, 1.54) is 12.8 Å². The molecule has 0 radical (unpaired) electrons. The largest absolute Gasteiger partial charge is 0.383 e. The zero-order chi connectivity index (χ0) is 13.2. The van der Waals surface area contributed by atoms with E-state index in [1.807, 2.05) is 0 Å². The molecule has 1 amide bonds. The summed E-state index contributed by atoms with van der Waals surface area (Å²) in [5, 5.41) is 3.61. The van der Waals surface area contributed by atoms with E-state index in [2.05, 4.69) is 24.1 Å². The van der Waals surface area contributed by atoms with Crippen LogP contribution in [-0.2, 0) is 9.53 Å². The molecule has 1 N–H and O–H groups in total. The Morgan fingerprint density at radius 2 is 2.11 bits per heavy atom. The van der Waals surface area contributed by atoms with Crippen molar-refractivity contribution >= 4 is 5.91 Å². The number of amides is 1. The molecule has 1 saturated carbocycles. The Morgan fingerprint density at radius 1 is 1.44 bits per heavy atom. The van der Waals surface area contributed by atoms with E-state index < -0.39 is 0 Å². The van der Waals surface area contributed by atoms with Gasteiger partial charge in [0, 0.05) is 7.11 Å². The molecule has 4 heteroatoms. The van der Waals surface area contributed by atoms with Crippen LogP contribution in [0.15, 0.2) is 0 Å². The Bertz CT molecular complexity index is 300. The highest BCUT2D eigenvalue weighted by Crippen LogP contribution is 2.38. The molecule has 4 nitrogen and oxygen atoms in total. The van der Waals surface area contributed by atoms with Gasteiger partial charge in [-0.1, -0.05) is 26.7 Å². The van der Waals surface area contributed by atoms with Crippen molar-refractivity contribution < 1.29 is 9.53 Å². The molecule has 1 saturated heterocycles. The van der Waals surface area contributed by atoms with E-state index in [1.54, 1.807) is 7.11 Å². The van der Waals surface area contributed by atoms with Crippen molar-refractivity contribution in [1.82, 2.24) is 10.2 Å². The SMILES string of the molecule is CCC(COC)N1C(=O)C2(CCCC2)NC1CC. The summed E-state index contributed by atoms with van der Waals surface area (Å²) in [7, 11) is 1.71. The average molecular weight is 254 g/mol. The van der Waals surface area contributed by atoms with Gasteiger partial charge >= 0.3 is 0 Å². The first-order valence-corrected chi connectivity index (χ1v) is 7.28. The van der Waals surface area contributed by atoms with E-state index >= 15 is 0 Å². The number of rotatable bonds is 5. The van der Waals surface area contributed by atoms with Gasteiger partial charge in [0.15, 0.2) is 0 Å². The zero-order valence-electron chi connectivity index (χ0n) is 11.9. The molecule has 2 fully saturated rings. The third kappa shape index (κ3) is 2.16. The molecule has 2 atom stereocenters. The smallest absolute Gasteiger partial charge is 0.244 e. The van der Waals surface area contributed by atoms with Crippen LogP contribution in [0.25, 0.3) is 0 Å². The van der Waals surface area contributed by atoms with Crippen LogP contribution in [0.4, 0.5) is 0 Å². The number of carbonyl (C=O) groups excluding carboxylic acids is 1. The highest BCUT2D eigenvalue weighted by Gasteiger charge is 2.53. The fraction of sp³-hybridized carbons (Fsp3) is 0.929. The maximum atomic E-state index is 12.8. The third-order valence-corrected chi connectivity index (χ3v) is 4.49. The van der Waals surface area contributed by atoms with Gasteiger partial charge in [-0.25, -0.2) is 0 Å². The van der Waals surface area contributed by atoms with Crippen LogP contribution in [0, 0.1) is 0 Å². The van der Waals surface area contributed by atoms with Gasteiger partial charge in [0.25, 0.3) is 0 Å². The molecule has 2 aliphatic rings. The summed E-state index contributed by atoms with van der Waals surface area (Å²) >= 11 is 0. The molecule has 1 spiro atoms. The monoisotopic (exact) mass is 254 g/mol. The fourth-order valence-electron chi connectivity index (χ4n) is 3.48. The van der Waals surface area contributed by atoms with Crippen LogP contribution in [0.5, 0.6) is 0 Å². The molecule has 0 aromatic rings. The summed E-state index contributed by atoms with van der Waals surface area (Å²) in [5.41, 5.74) is -0.248. The molecule has 104 valence electrons. The molecule has 2 unspecified atom stereocenters. The van der Waals surface area contributed by atoms with Gasteiger partial charge in [-0.05, 0) is 25.7 Å². The van der Waals surface area contributed by atoms with Crippen molar-refractivity contribution in [2.24, 2.45) is 0 Å². The lowest BCUT2D eigenvalue weighted by Gasteiger charge is -2.31. The van der Waals surface area contributed by atoms with Crippen molar-refractivity contribution in [2.45, 2.75) is 70.1 Å². The molecule has 0 aromatic heterocycles. The quantitative estimate of drug-likeness (QED) is 0.814. The van der Waals surface area contributed by atoms with E-state index in [0.29, 0.717) is 12.5 Å². The first-order chi connectivity index (χ1) is 8.68. The van der Waals surface area contributed by atoms with Crippen molar-refractivity contribution in [3.63, 3.8) is 0 Å². The first-order valence-electron chi connectivity index (χ1n) is 7.28. The molecule has 1 aliphatic heterocycles. The van der Waals surface area contributed by atoms with E-state index in [9.17, 15) is 4.79 Å². The van der Waals surface area contributed by atoms with Crippen LogP contribution in [0.1, 0.15) is 52.4 Å².